The van der Waals surface area contributed by atoms with E-state index in [0.717, 1.165) is 27.2 Å². The Balaban J connectivity index is 1.54. The number of hydrogen-bond donors (Lipinski definition) is 1. The molecule has 5 aromatic rings. The van der Waals surface area contributed by atoms with Crippen molar-refractivity contribution in [2.24, 2.45) is 0 Å². The van der Waals surface area contributed by atoms with Crippen LogP contribution in [0.1, 0.15) is 10.4 Å². The van der Waals surface area contributed by atoms with Crippen LogP contribution in [0.15, 0.2) is 78.4 Å². The predicted molar refractivity (Wildman–Crippen MR) is 112 cm³/mol. The summed E-state index contributed by atoms with van der Waals surface area (Å²) in [4.78, 5) is 18.9. The maximum Gasteiger partial charge on any atom is 0.256 e. The number of pyridine rings is 1. The molecule has 140 valence electrons. The average molecular weight is 398 g/mol. The molecule has 0 aliphatic heterocycles. The highest BCUT2D eigenvalue weighted by Gasteiger charge is 2.15. The van der Waals surface area contributed by atoms with E-state index in [4.69, 9.17) is 4.98 Å². The summed E-state index contributed by atoms with van der Waals surface area (Å²) in [6.45, 7) is 0. The Hall–Kier alpha value is -3.91. The van der Waals surface area contributed by atoms with Crippen LogP contribution >= 0.6 is 11.3 Å². The van der Waals surface area contributed by atoms with E-state index in [1.54, 1.807) is 11.3 Å². The van der Waals surface area contributed by atoms with E-state index in [2.05, 4.69) is 20.8 Å². The van der Waals surface area contributed by atoms with Crippen molar-refractivity contribution in [3.8, 4) is 16.3 Å². The summed E-state index contributed by atoms with van der Waals surface area (Å²) in [6, 6.07) is 20.8. The van der Waals surface area contributed by atoms with Gasteiger partial charge in [0.2, 0.25) is 0 Å². The molecule has 1 N–H and O–H groups in total. The van der Waals surface area contributed by atoms with Crippen LogP contribution < -0.4 is 5.32 Å². The summed E-state index contributed by atoms with van der Waals surface area (Å²) in [5, 5.41) is 17.0. The quantitative estimate of drug-likeness (QED) is 0.491. The van der Waals surface area contributed by atoms with E-state index in [9.17, 15) is 4.79 Å². The summed E-state index contributed by atoms with van der Waals surface area (Å²) in [6.07, 6.45) is 1.50. The van der Waals surface area contributed by atoms with Crippen molar-refractivity contribution in [3.63, 3.8) is 0 Å². The number of rotatable bonds is 4. The molecule has 0 aliphatic rings. The first-order valence-corrected chi connectivity index (χ1v) is 9.74. The topological polar surface area (TPSA) is 85.6 Å². The van der Waals surface area contributed by atoms with Gasteiger partial charge in [0.25, 0.3) is 5.91 Å². The maximum atomic E-state index is 13.2. The van der Waals surface area contributed by atoms with Crippen molar-refractivity contribution in [1.82, 2.24) is 25.2 Å². The number of fused-ring (bicyclic) bond motifs is 1. The fraction of sp³-hybridized carbons (Fsp3) is 0. The number of hydrogen-bond acceptors (Lipinski definition) is 6. The van der Waals surface area contributed by atoms with Crippen LogP contribution in [0.2, 0.25) is 0 Å². The number of tetrazole rings is 1. The molecule has 2 aromatic carbocycles. The molecule has 0 fully saturated rings. The zero-order chi connectivity index (χ0) is 19.6. The van der Waals surface area contributed by atoms with Gasteiger partial charge in [0, 0.05) is 11.1 Å². The first-order chi connectivity index (χ1) is 14.3. The minimum Gasteiger partial charge on any atom is -0.322 e. The minimum absolute atomic E-state index is 0.199. The summed E-state index contributed by atoms with van der Waals surface area (Å²) in [5.41, 5.74) is 3.55. The summed E-state index contributed by atoms with van der Waals surface area (Å²) >= 11 is 1.59. The summed E-state index contributed by atoms with van der Waals surface area (Å²) in [7, 11) is 0. The van der Waals surface area contributed by atoms with Gasteiger partial charge in [-0.1, -0.05) is 30.3 Å². The molecule has 0 aliphatic carbocycles. The molecule has 8 heteroatoms. The molecule has 7 nitrogen and oxygen atoms in total. The Labute approximate surface area is 169 Å². The third-order valence-corrected chi connectivity index (χ3v) is 5.34. The zero-order valence-corrected chi connectivity index (χ0v) is 15.9. The highest BCUT2D eigenvalue weighted by Crippen LogP contribution is 2.28. The lowest BCUT2D eigenvalue weighted by Crippen LogP contribution is -2.13. The van der Waals surface area contributed by atoms with Crippen molar-refractivity contribution < 1.29 is 4.79 Å². The molecule has 3 heterocycles. The Morgan fingerprint density at radius 3 is 2.76 bits per heavy atom. The van der Waals surface area contributed by atoms with Gasteiger partial charge in [-0.2, -0.15) is 0 Å². The van der Waals surface area contributed by atoms with Crippen LogP contribution in [-0.2, 0) is 0 Å². The minimum atomic E-state index is -0.199. The fourth-order valence-corrected chi connectivity index (χ4v) is 3.80. The first kappa shape index (κ1) is 17.2. The van der Waals surface area contributed by atoms with Gasteiger partial charge in [-0.05, 0) is 52.2 Å². The van der Waals surface area contributed by atoms with Gasteiger partial charge >= 0.3 is 0 Å². The lowest BCUT2D eigenvalue weighted by Gasteiger charge is -2.11. The number of nitrogens with zero attached hydrogens (tertiary/aromatic N) is 5. The second-order valence-electron chi connectivity index (χ2n) is 6.31. The molecule has 0 saturated heterocycles. The number of aromatic nitrogens is 5. The monoisotopic (exact) mass is 398 g/mol. The van der Waals surface area contributed by atoms with Gasteiger partial charge in [0.1, 0.15) is 6.33 Å². The predicted octanol–water partition coefficient (Wildman–Crippen LogP) is 4.19. The molecule has 5 rings (SSSR count). The molecular weight excluding hydrogens is 384 g/mol. The lowest BCUT2D eigenvalue weighted by molar-refractivity contribution is 0.102. The molecule has 0 bridgehead atoms. The molecule has 0 radical (unpaired) electrons. The van der Waals surface area contributed by atoms with Crippen LogP contribution in [0.5, 0.6) is 0 Å². The second-order valence-corrected chi connectivity index (χ2v) is 7.26. The molecule has 0 unspecified atom stereocenters. The average Bonchev–Trinajstić information content (AvgIpc) is 3.47. The third kappa shape index (κ3) is 3.37. The highest BCUT2D eigenvalue weighted by atomic mass is 32.1. The van der Waals surface area contributed by atoms with Crippen molar-refractivity contribution in [3.05, 3.63) is 84.0 Å². The van der Waals surface area contributed by atoms with Gasteiger partial charge in [0.05, 0.1) is 27.3 Å². The van der Waals surface area contributed by atoms with E-state index in [1.807, 2.05) is 72.1 Å². The number of anilines is 1. The number of amides is 1. The standard InChI is InChI=1S/C21H14N6OS/c28-21(23-14-5-3-6-15(11-14)27-13-22-25-26-27)17-12-19(20-9-4-10-29-20)24-18-8-2-1-7-16(17)18/h1-13H,(H,23,28). The largest absolute Gasteiger partial charge is 0.322 e. The Bertz CT molecular complexity index is 1300. The van der Waals surface area contributed by atoms with Crippen molar-refractivity contribution >= 4 is 33.8 Å². The summed E-state index contributed by atoms with van der Waals surface area (Å²) in [5.74, 6) is -0.199. The lowest BCUT2D eigenvalue weighted by atomic mass is 10.1. The van der Waals surface area contributed by atoms with E-state index in [0.29, 0.717) is 11.3 Å². The molecule has 1 amide bonds. The van der Waals surface area contributed by atoms with E-state index in [-0.39, 0.29) is 5.91 Å². The Kier molecular flexibility index (Phi) is 4.30. The van der Waals surface area contributed by atoms with Gasteiger partial charge in [-0.3, -0.25) is 4.79 Å². The second kappa shape index (κ2) is 7.25. The van der Waals surface area contributed by atoms with Crippen LogP contribution in [0.3, 0.4) is 0 Å². The van der Waals surface area contributed by atoms with Gasteiger partial charge in [0.15, 0.2) is 0 Å². The highest BCUT2D eigenvalue weighted by molar-refractivity contribution is 7.13. The van der Waals surface area contributed by atoms with Gasteiger partial charge in [-0.15, -0.1) is 16.4 Å². The third-order valence-electron chi connectivity index (χ3n) is 4.45. The summed E-state index contributed by atoms with van der Waals surface area (Å²) < 4.78 is 1.53. The van der Waals surface area contributed by atoms with Crippen LogP contribution in [0, 0.1) is 0 Å². The Morgan fingerprint density at radius 2 is 1.93 bits per heavy atom. The number of nitrogens with one attached hydrogen (secondary N) is 1. The van der Waals surface area contributed by atoms with Crippen LogP contribution in [0.25, 0.3) is 27.2 Å². The number of thiophene rings is 1. The van der Waals surface area contributed by atoms with E-state index in [1.165, 1.54) is 11.0 Å². The van der Waals surface area contributed by atoms with Gasteiger partial charge < -0.3 is 5.32 Å². The van der Waals surface area contributed by atoms with Crippen molar-refractivity contribution in [1.29, 1.82) is 0 Å². The Morgan fingerprint density at radius 1 is 1.00 bits per heavy atom. The zero-order valence-electron chi connectivity index (χ0n) is 15.1. The van der Waals surface area contributed by atoms with Crippen molar-refractivity contribution in [2.75, 3.05) is 5.32 Å². The molecule has 0 spiro atoms. The van der Waals surface area contributed by atoms with E-state index < -0.39 is 0 Å². The maximum absolute atomic E-state index is 13.2. The van der Waals surface area contributed by atoms with Crippen LogP contribution in [-0.4, -0.2) is 31.1 Å². The number of carbonyl (C=O) groups excluding carboxylic acids is 1. The fourth-order valence-electron chi connectivity index (χ4n) is 3.12. The number of para-hydroxylation sites is 1. The number of benzene rings is 2. The molecular formula is C21H14N6OS. The SMILES string of the molecule is O=C(Nc1cccc(-n2cnnn2)c1)c1cc(-c2cccs2)nc2ccccc12. The van der Waals surface area contributed by atoms with Gasteiger partial charge in [-0.25, -0.2) is 9.67 Å². The number of carbonyl (C=O) groups is 1. The molecule has 29 heavy (non-hydrogen) atoms. The first-order valence-electron chi connectivity index (χ1n) is 8.86. The van der Waals surface area contributed by atoms with E-state index >= 15 is 0 Å². The smallest absolute Gasteiger partial charge is 0.256 e. The molecule has 3 aromatic heterocycles. The molecule has 0 saturated carbocycles. The molecule has 0 atom stereocenters. The van der Waals surface area contributed by atoms with Crippen LogP contribution in [0.4, 0.5) is 5.69 Å². The van der Waals surface area contributed by atoms with Crippen molar-refractivity contribution in [2.45, 2.75) is 0 Å². The normalized spacial score (nSPS) is 10.9.